The van der Waals surface area contributed by atoms with Gasteiger partial charge in [0.1, 0.15) is 12.2 Å². The topological polar surface area (TPSA) is 77.2 Å². The molecule has 122 valence electrons. The Kier molecular flexibility index (Phi) is 4.77. The second-order valence-corrected chi connectivity index (χ2v) is 5.41. The number of hydrogen-bond acceptors (Lipinski definition) is 5. The first-order chi connectivity index (χ1) is 11.6. The Balaban J connectivity index is 1.63. The number of anilines is 1. The van der Waals surface area contributed by atoms with Gasteiger partial charge in [0.2, 0.25) is 17.6 Å². The molecular weight excluding hydrogens is 330 g/mol. The first-order valence-electron chi connectivity index (χ1n) is 7.16. The number of hydrogen-bond donors (Lipinski definition) is 1. The first kappa shape index (κ1) is 16.0. The van der Waals surface area contributed by atoms with E-state index in [1.54, 1.807) is 55.6 Å². The minimum atomic E-state index is -0.244. The van der Waals surface area contributed by atoms with Gasteiger partial charge >= 0.3 is 0 Å². The van der Waals surface area contributed by atoms with Crippen LogP contribution in [0.4, 0.5) is 5.69 Å². The molecule has 0 unspecified atom stereocenters. The van der Waals surface area contributed by atoms with Crippen molar-refractivity contribution in [3.63, 3.8) is 0 Å². The number of ether oxygens (including phenoxy) is 1. The van der Waals surface area contributed by atoms with Gasteiger partial charge in [0.05, 0.1) is 7.11 Å². The van der Waals surface area contributed by atoms with Crippen LogP contribution in [0.2, 0.25) is 5.02 Å². The molecule has 0 saturated carbocycles. The summed E-state index contributed by atoms with van der Waals surface area (Å²) in [4.78, 5) is 16.3. The van der Waals surface area contributed by atoms with Crippen molar-refractivity contribution >= 4 is 23.2 Å². The molecule has 0 bridgehead atoms. The van der Waals surface area contributed by atoms with E-state index in [1.807, 2.05) is 0 Å². The van der Waals surface area contributed by atoms with Gasteiger partial charge < -0.3 is 14.6 Å². The van der Waals surface area contributed by atoms with Gasteiger partial charge in [0.15, 0.2) is 0 Å². The molecule has 24 heavy (non-hydrogen) atoms. The largest absolute Gasteiger partial charge is 0.497 e. The molecule has 1 aromatic heterocycles. The average molecular weight is 344 g/mol. The third-order valence-corrected chi connectivity index (χ3v) is 3.51. The minimum Gasteiger partial charge on any atom is -0.497 e. The van der Waals surface area contributed by atoms with Gasteiger partial charge in [0, 0.05) is 16.3 Å². The Morgan fingerprint density at radius 2 is 1.88 bits per heavy atom. The van der Waals surface area contributed by atoms with Crippen LogP contribution < -0.4 is 10.1 Å². The zero-order chi connectivity index (χ0) is 16.9. The number of nitrogens with zero attached hydrogens (tertiary/aromatic N) is 2. The van der Waals surface area contributed by atoms with Crippen LogP contribution in [0.3, 0.4) is 0 Å². The van der Waals surface area contributed by atoms with Gasteiger partial charge in [-0.25, -0.2) is 0 Å². The van der Waals surface area contributed by atoms with Crippen LogP contribution in [0.15, 0.2) is 53.1 Å². The molecule has 2 aromatic carbocycles. The van der Waals surface area contributed by atoms with Crippen molar-refractivity contribution in [1.82, 2.24) is 10.1 Å². The molecule has 3 rings (SSSR count). The molecule has 3 aromatic rings. The van der Waals surface area contributed by atoms with Crippen molar-refractivity contribution in [2.45, 2.75) is 6.42 Å². The van der Waals surface area contributed by atoms with Gasteiger partial charge in [-0.05, 0) is 48.5 Å². The number of rotatable bonds is 5. The van der Waals surface area contributed by atoms with Gasteiger partial charge in [-0.3, -0.25) is 4.79 Å². The van der Waals surface area contributed by atoms with E-state index in [2.05, 4.69) is 15.5 Å². The second-order valence-electron chi connectivity index (χ2n) is 4.97. The van der Waals surface area contributed by atoms with E-state index in [4.69, 9.17) is 20.9 Å². The van der Waals surface area contributed by atoms with Crippen molar-refractivity contribution in [3.05, 3.63) is 59.4 Å². The SMILES string of the molecule is COc1ccc(NC(=O)Cc2nc(-c3ccc(Cl)cc3)no2)cc1. The number of halogens is 1. The highest BCUT2D eigenvalue weighted by Crippen LogP contribution is 2.19. The fraction of sp³-hybridized carbons (Fsp3) is 0.118. The summed E-state index contributed by atoms with van der Waals surface area (Å²) in [5.74, 6) is 1.13. The predicted molar refractivity (Wildman–Crippen MR) is 90.1 cm³/mol. The Morgan fingerprint density at radius 1 is 1.17 bits per heavy atom. The number of carbonyl (C=O) groups excluding carboxylic acids is 1. The van der Waals surface area contributed by atoms with E-state index in [0.717, 1.165) is 11.3 Å². The van der Waals surface area contributed by atoms with Gasteiger partial charge in [-0.15, -0.1) is 0 Å². The smallest absolute Gasteiger partial charge is 0.236 e. The van der Waals surface area contributed by atoms with E-state index in [9.17, 15) is 4.79 Å². The van der Waals surface area contributed by atoms with Crippen molar-refractivity contribution in [2.75, 3.05) is 12.4 Å². The molecule has 0 aliphatic carbocycles. The summed E-state index contributed by atoms with van der Waals surface area (Å²) in [6, 6.07) is 14.1. The number of amides is 1. The summed E-state index contributed by atoms with van der Waals surface area (Å²) in [5, 5.41) is 7.26. The summed E-state index contributed by atoms with van der Waals surface area (Å²) < 4.78 is 10.2. The van der Waals surface area contributed by atoms with Crippen LogP contribution in [-0.4, -0.2) is 23.2 Å². The molecule has 6 nitrogen and oxygen atoms in total. The molecule has 0 spiro atoms. The first-order valence-corrected chi connectivity index (χ1v) is 7.54. The highest BCUT2D eigenvalue weighted by atomic mass is 35.5. The van der Waals surface area contributed by atoms with Gasteiger partial charge in [-0.1, -0.05) is 16.8 Å². The Morgan fingerprint density at radius 3 is 2.54 bits per heavy atom. The second kappa shape index (κ2) is 7.14. The fourth-order valence-corrected chi connectivity index (χ4v) is 2.19. The maximum Gasteiger partial charge on any atom is 0.236 e. The molecule has 0 saturated heterocycles. The Hall–Kier alpha value is -2.86. The van der Waals surface area contributed by atoms with Gasteiger partial charge in [0.25, 0.3) is 0 Å². The lowest BCUT2D eigenvalue weighted by atomic mass is 10.2. The molecule has 1 amide bonds. The van der Waals surface area contributed by atoms with Crippen LogP contribution in [-0.2, 0) is 11.2 Å². The van der Waals surface area contributed by atoms with E-state index in [-0.39, 0.29) is 18.2 Å². The number of carbonyl (C=O) groups is 1. The third kappa shape index (κ3) is 3.91. The molecule has 0 aliphatic rings. The number of aromatic nitrogens is 2. The number of benzene rings is 2. The summed E-state index contributed by atoms with van der Waals surface area (Å²) in [6.45, 7) is 0. The molecule has 0 atom stereocenters. The predicted octanol–water partition coefficient (Wildman–Crippen LogP) is 3.58. The zero-order valence-electron chi connectivity index (χ0n) is 12.8. The van der Waals surface area contributed by atoms with Crippen LogP contribution in [0.25, 0.3) is 11.4 Å². The molecule has 0 radical (unpaired) electrons. The van der Waals surface area contributed by atoms with Crippen molar-refractivity contribution < 1.29 is 14.1 Å². The van der Waals surface area contributed by atoms with Crippen molar-refractivity contribution in [2.24, 2.45) is 0 Å². The fourth-order valence-electron chi connectivity index (χ4n) is 2.06. The number of nitrogens with one attached hydrogen (secondary N) is 1. The van der Waals surface area contributed by atoms with Crippen LogP contribution in [0, 0.1) is 0 Å². The molecule has 1 N–H and O–H groups in total. The average Bonchev–Trinajstić information content (AvgIpc) is 3.04. The molecule has 0 fully saturated rings. The lowest BCUT2D eigenvalue weighted by molar-refractivity contribution is -0.115. The maximum absolute atomic E-state index is 12.0. The molecule has 7 heteroatoms. The monoisotopic (exact) mass is 343 g/mol. The quantitative estimate of drug-likeness (QED) is 0.766. The third-order valence-electron chi connectivity index (χ3n) is 3.26. The zero-order valence-corrected chi connectivity index (χ0v) is 13.6. The van der Waals surface area contributed by atoms with E-state index >= 15 is 0 Å². The number of methoxy groups -OCH3 is 1. The summed E-state index contributed by atoms with van der Waals surface area (Å²) >= 11 is 5.84. The normalized spacial score (nSPS) is 10.4. The van der Waals surface area contributed by atoms with E-state index < -0.39 is 0 Å². The van der Waals surface area contributed by atoms with Crippen LogP contribution in [0.1, 0.15) is 5.89 Å². The van der Waals surface area contributed by atoms with Crippen molar-refractivity contribution in [1.29, 1.82) is 0 Å². The molecular formula is C17H14ClN3O3. The Labute approximate surface area is 143 Å². The molecule has 1 heterocycles. The van der Waals surface area contributed by atoms with Crippen LogP contribution in [0.5, 0.6) is 5.75 Å². The van der Waals surface area contributed by atoms with Gasteiger partial charge in [-0.2, -0.15) is 4.98 Å². The highest BCUT2D eigenvalue weighted by Gasteiger charge is 2.13. The standard InChI is InChI=1S/C17H14ClN3O3/c1-23-14-8-6-13(7-9-14)19-15(22)10-16-20-17(21-24-16)11-2-4-12(18)5-3-11/h2-9H,10H2,1H3,(H,19,22). The lowest BCUT2D eigenvalue weighted by Gasteiger charge is -2.04. The van der Waals surface area contributed by atoms with E-state index in [1.165, 1.54) is 0 Å². The summed E-state index contributed by atoms with van der Waals surface area (Å²) in [5.41, 5.74) is 1.43. The highest BCUT2D eigenvalue weighted by molar-refractivity contribution is 6.30. The maximum atomic E-state index is 12.0. The lowest BCUT2D eigenvalue weighted by Crippen LogP contribution is -2.14. The minimum absolute atomic E-state index is 0.00732. The summed E-state index contributed by atoms with van der Waals surface area (Å²) in [7, 11) is 1.58. The Bertz CT molecular complexity index is 829. The summed E-state index contributed by atoms with van der Waals surface area (Å²) in [6.07, 6.45) is -0.00732. The molecule has 0 aliphatic heterocycles. The van der Waals surface area contributed by atoms with Crippen LogP contribution >= 0.6 is 11.6 Å². The van der Waals surface area contributed by atoms with E-state index in [0.29, 0.717) is 16.5 Å². The van der Waals surface area contributed by atoms with Crippen molar-refractivity contribution in [3.8, 4) is 17.1 Å².